The highest BCUT2D eigenvalue weighted by atomic mass is 35.5. The Bertz CT molecular complexity index is 761. The molecule has 0 bridgehead atoms. The van der Waals surface area contributed by atoms with Crippen LogP contribution in [0, 0.1) is 11.7 Å². The highest BCUT2D eigenvalue weighted by Gasteiger charge is 2.29. The first kappa shape index (κ1) is 17.1. The van der Waals surface area contributed by atoms with Gasteiger partial charge in [-0.25, -0.2) is 4.39 Å². The van der Waals surface area contributed by atoms with Gasteiger partial charge < -0.3 is 9.64 Å². The van der Waals surface area contributed by atoms with Crippen molar-refractivity contribution in [1.82, 2.24) is 4.90 Å². The van der Waals surface area contributed by atoms with Crippen molar-refractivity contribution in [3.8, 4) is 5.75 Å². The number of amides is 1. The van der Waals surface area contributed by atoms with Gasteiger partial charge in [-0.2, -0.15) is 0 Å². The number of benzene rings is 2. The van der Waals surface area contributed by atoms with E-state index in [9.17, 15) is 9.18 Å². The van der Waals surface area contributed by atoms with E-state index < -0.39 is 5.82 Å². The molecule has 0 spiro atoms. The van der Waals surface area contributed by atoms with E-state index in [1.807, 2.05) is 6.07 Å². The molecule has 0 radical (unpaired) electrons. The van der Waals surface area contributed by atoms with Gasteiger partial charge in [-0.15, -0.1) is 0 Å². The van der Waals surface area contributed by atoms with E-state index in [4.69, 9.17) is 27.9 Å². The van der Waals surface area contributed by atoms with Gasteiger partial charge in [-0.1, -0.05) is 29.3 Å². The quantitative estimate of drug-likeness (QED) is 0.807. The lowest BCUT2D eigenvalue weighted by molar-refractivity contribution is -0.136. The van der Waals surface area contributed by atoms with Crippen molar-refractivity contribution in [2.45, 2.75) is 13.0 Å². The van der Waals surface area contributed by atoms with Crippen LogP contribution in [0.3, 0.4) is 0 Å². The average Bonchev–Trinajstić information content (AvgIpc) is 2.56. The summed E-state index contributed by atoms with van der Waals surface area (Å²) in [4.78, 5) is 14.1. The normalized spacial score (nSPS) is 16.2. The predicted octanol–water partition coefficient (Wildman–Crippen LogP) is 4.34. The summed E-state index contributed by atoms with van der Waals surface area (Å²) in [7, 11) is 1.64. The van der Waals surface area contributed by atoms with E-state index in [0.717, 1.165) is 11.3 Å². The molecule has 1 aliphatic rings. The maximum atomic E-state index is 13.9. The molecule has 0 aromatic heterocycles. The highest BCUT2D eigenvalue weighted by molar-refractivity contribution is 6.31. The van der Waals surface area contributed by atoms with Gasteiger partial charge in [0.15, 0.2) is 0 Å². The van der Waals surface area contributed by atoms with Crippen LogP contribution in [0.15, 0.2) is 36.4 Å². The minimum atomic E-state index is -0.417. The van der Waals surface area contributed by atoms with Crippen LogP contribution in [-0.2, 0) is 17.8 Å². The smallest absolute Gasteiger partial charge is 0.229 e. The Morgan fingerprint density at radius 3 is 2.88 bits per heavy atom. The summed E-state index contributed by atoms with van der Waals surface area (Å²) >= 11 is 12.0. The second kappa shape index (κ2) is 6.99. The standard InChI is InChI=1S/C18H16Cl2FNO2/c1-22(9-14-15(20)3-2-4-16(14)21)18(23)12-7-11-8-13(19)5-6-17(11)24-10-12/h2-6,8,12H,7,9-10H2,1H3. The number of ether oxygens (including phenoxy) is 1. The van der Waals surface area contributed by atoms with E-state index in [2.05, 4.69) is 0 Å². The lowest BCUT2D eigenvalue weighted by Gasteiger charge is -2.28. The molecule has 126 valence electrons. The fraction of sp³-hybridized carbons (Fsp3) is 0.278. The van der Waals surface area contributed by atoms with Crippen LogP contribution in [0.5, 0.6) is 5.75 Å². The van der Waals surface area contributed by atoms with Crippen LogP contribution in [0.4, 0.5) is 4.39 Å². The fourth-order valence-corrected chi connectivity index (χ4v) is 3.25. The molecule has 0 saturated carbocycles. The zero-order valence-electron chi connectivity index (χ0n) is 13.1. The van der Waals surface area contributed by atoms with Gasteiger partial charge >= 0.3 is 0 Å². The summed E-state index contributed by atoms with van der Waals surface area (Å²) < 4.78 is 19.5. The van der Waals surface area contributed by atoms with Crippen molar-refractivity contribution in [2.75, 3.05) is 13.7 Å². The average molecular weight is 368 g/mol. The van der Waals surface area contributed by atoms with E-state index in [-0.39, 0.29) is 18.4 Å². The third-order valence-corrected chi connectivity index (χ3v) is 4.70. The van der Waals surface area contributed by atoms with E-state index in [1.54, 1.807) is 31.3 Å². The first-order valence-electron chi connectivity index (χ1n) is 7.55. The summed E-state index contributed by atoms with van der Waals surface area (Å²) in [6.45, 7) is 0.409. The van der Waals surface area contributed by atoms with Gasteiger partial charge in [0.05, 0.1) is 5.92 Å². The van der Waals surface area contributed by atoms with Crippen molar-refractivity contribution >= 4 is 29.1 Å². The Balaban J connectivity index is 1.73. The highest BCUT2D eigenvalue weighted by Crippen LogP contribution is 2.31. The molecule has 1 aliphatic heterocycles. The molecule has 1 amide bonds. The molecule has 6 heteroatoms. The second-order valence-electron chi connectivity index (χ2n) is 5.86. The molecule has 0 N–H and O–H groups in total. The van der Waals surface area contributed by atoms with Crippen LogP contribution in [0.2, 0.25) is 10.0 Å². The molecule has 1 atom stereocenters. The van der Waals surface area contributed by atoms with Gasteiger partial charge in [0, 0.05) is 29.2 Å². The van der Waals surface area contributed by atoms with Gasteiger partial charge in [0.2, 0.25) is 5.91 Å². The molecule has 1 heterocycles. The number of fused-ring (bicyclic) bond motifs is 1. The van der Waals surface area contributed by atoms with E-state index in [0.29, 0.717) is 28.6 Å². The van der Waals surface area contributed by atoms with Crippen molar-refractivity contribution in [3.05, 3.63) is 63.4 Å². The van der Waals surface area contributed by atoms with Crippen LogP contribution < -0.4 is 4.74 Å². The molecule has 0 aliphatic carbocycles. The third kappa shape index (κ3) is 3.50. The SMILES string of the molecule is CN(Cc1c(F)cccc1Cl)C(=O)C1COc2ccc(Cl)cc2C1. The number of rotatable bonds is 3. The van der Waals surface area contributed by atoms with Gasteiger partial charge in [0.25, 0.3) is 0 Å². The Labute approximate surface area is 149 Å². The molecule has 1 unspecified atom stereocenters. The number of carbonyl (C=O) groups is 1. The zero-order chi connectivity index (χ0) is 17.3. The molecular weight excluding hydrogens is 352 g/mol. The van der Waals surface area contributed by atoms with E-state index >= 15 is 0 Å². The second-order valence-corrected chi connectivity index (χ2v) is 6.70. The molecule has 0 fully saturated rings. The third-order valence-electron chi connectivity index (χ3n) is 4.11. The zero-order valence-corrected chi connectivity index (χ0v) is 14.6. The number of nitrogens with zero attached hydrogens (tertiary/aromatic N) is 1. The van der Waals surface area contributed by atoms with Crippen LogP contribution in [-0.4, -0.2) is 24.5 Å². The summed E-state index contributed by atoms with van der Waals surface area (Å²) in [6.07, 6.45) is 0.546. The maximum absolute atomic E-state index is 13.9. The van der Waals surface area contributed by atoms with Gasteiger partial charge in [-0.3, -0.25) is 4.79 Å². The van der Waals surface area contributed by atoms with Crippen molar-refractivity contribution in [2.24, 2.45) is 5.92 Å². The van der Waals surface area contributed by atoms with Gasteiger partial charge in [-0.05, 0) is 42.3 Å². The molecule has 2 aromatic rings. The summed E-state index contributed by atoms with van der Waals surface area (Å²) in [5.41, 5.74) is 1.22. The Morgan fingerprint density at radius 2 is 2.12 bits per heavy atom. The number of carbonyl (C=O) groups excluding carboxylic acids is 1. The molecule has 3 nitrogen and oxygen atoms in total. The fourth-order valence-electron chi connectivity index (χ4n) is 2.83. The lowest BCUT2D eigenvalue weighted by atomic mass is 9.95. The van der Waals surface area contributed by atoms with Crippen molar-refractivity contribution in [3.63, 3.8) is 0 Å². The lowest BCUT2D eigenvalue weighted by Crippen LogP contribution is -2.38. The minimum Gasteiger partial charge on any atom is -0.492 e. The number of hydrogen-bond acceptors (Lipinski definition) is 2. The Morgan fingerprint density at radius 1 is 1.33 bits per heavy atom. The summed E-state index contributed by atoms with van der Waals surface area (Å²) in [5.74, 6) is -0.103. The summed E-state index contributed by atoms with van der Waals surface area (Å²) in [6, 6.07) is 9.86. The molecule has 2 aromatic carbocycles. The first-order valence-corrected chi connectivity index (χ1v) is 8.30. The van der Waals surface area contributed by atoms with Crippen molar-refractivity contribution in [1.29, 1.82) is 0 Å². The Hall–Kier alpha value is -1.78. The largest absolute Gasteiger partial charge is 0.492 e. The predicted molar refractivity (Wildman–Crippen MR) is 92.0 cm³/mol. The number of hydrogen-bond donors (Lipinski definition) is 0. The Kier molecular flexibility index (Phi) is 4.97. The minimum absolute atomic E-state index is 0.111. The molecule has 24 heavy (non-hydrogen) atoms. The monoisotopic (exact) mass is 367 g/mol. The first-order chi connectivity index (χ1) is 11.5. The topological polar surface area (TPSA) is 29.5 Å². The molecule has 3 rings (SSSR count). The van der Waals surface area contributed by atoms with Crippen LogP contribution >= 0.6 is 23.2 Å². The molecule has 0 saturated heterocycles. The maximum Gasteiger partial charge on any atom is 0.229 e. The van der Waals surface area contributed by atoms with E-state index in [1.165, 1.54) is 11.0 Å². The van der Waals surface area contributed by atoms with Gasteiger partial charge in [0.1, 0.15) is 18.2 Å². The summed E-state index contributed by atoms with van der Waals surface area (Å²) in [5, 5.41) is 0.920. The van der Waals surface area contributed by atoms with Crippen LogP contribution in [0.25, 0.3) is 0 Å². The number of halogens is 3. The van der Waals surface area contributed by atoms with Crippen LogP contribution in [0.1, 0.15) is 11.1 Å². The van der Waals surface area contributed by atoms with Crippen molar-refractivity contribution < 1.29 is 13.9 Å². The molecular formula is C18H16Cl2FNO2.